The quantitative estimate of drug-likeness (QED) is 0.656. The molecule has 0 bridgehead atoms. The molecule has 1 N–H and O–H groups in total. The SMILES string of the molecule is Cc1ccc(C)c(NC(=O)[C@@H](C)OC(=O)c2c(C)cc(C)nc2Cl)c1. The van der Waals surface area contributed by atoms with Gasteiger partial charge in [0, 0.05) is 11.4 Å². The van der Waals surface area contributed by atoms with Crippen LogP contribution in [0, 0.1) is 27.7 Å². The van der Waals surface area contributed by atoms with Crippen molar-refractivity contribution in [3.05, 3.63) is 57.4 Å². The summed E-state index contributed by atoms with van der Waals surface area (Å²) in [5.74, 6) is -1.07. The fraction of sp³-hybridized carbons (Fsp3) is 0.316. The van der Waals surface area contributed by atoms with E-state index in [0.29, 0.717) is 16.9 Å². The highest BCUT2D eigenvalue weighted by Gasteiger charge is 2.23. The number of nitrogens with one attached hydrogen (secondary N) is 1. The maximum atomic E-state index is 12.4. The highest BCUT2D eigenvalue weighted by molar-refractivity contribution is 6.32. The van der Waals surface area contributed by atoms with Gasteiger partial charge in [0.25, 0.3) is 5.91 Å². The third-order valence-corrected chi connectivity index (χ3v) is 4.08. The summed E-state index contributed by atoms with van der Waals surface area (Å²) >= 11 is 6.05. The first-order chi connectivity index (χ1) is 11.7. The van der Waals surface area contributed by atoms with Gasteiger partial charge in [-0.1, -0.05) is 23.7 Å². The lowest BCUT2D eigenvalue weighted by molar-refractivity contribution is -0.123. The molecule has 0 unspecified atom stereocenters. The molecule has 1 aromatic heterocycles. The number of carbonyl (C=O) groups excluding carboxylic acids is 2. The standard InChI is InChI=1S/C19H21ClN2O3/c1-10-6-7-11(2)15(8-10)22-18(23)14(5)25-19(24)16-12(3)9-13(4)21-17(16)20/h6-9,14H,1-5H3,(H,22,23)/t14-/m1/s1. The van der Waals surface area contributed by atoms with Gasteiger partial charge in [-0.25, -0.2) is 9.78 Å². The van der Waals surface area contributed by atoms with Crippen LogP contribution in [-0.4, -0.2) is 23.0 Å². The third-order valence-electron chi connectivity index (χ3n) is 3.81. The minimum Gasteiger partial charge on any atom is -0.449 e. The lowest BCUT2D eigenvalue weighted by Crippen LogP contribution is -2.30. The molecule has 25 heavy (non-hydrogen) atoms. The Labute approximate surface area is 152 Å². The number of rotatable bonds is 4. The number of amides is 1. The van der Waals surface area contributed by atoms with Gasteiger partial charge in [0.1, 0.15) is 5.15 Å². The molecule has 5 nitrogen and oxygen atoms in total. The molecule has 1 aromatic carbocycles. The number of anilines is 1. The number of pyridine rings is 1. The Morgan fingerprint density at radius 1 is 1.12 bits per heavy atom. The van der Waals surface area contributed by atoms with Crippen LogP contribution in [0.15, 0.2) is 24.3 Å². The van der Waals surface area contributed by atoms with Crippen molar-refractivity contribution in [1.82, 2.24) is 4.98 Å². The largest absolute Gasteiger partial charge is 0.449 e. The van der Waals surface area contributed by atoms with Crippen LogP contribution in [-0.2, 0) is 9.53 Å². The number of aromatic nitrogens is 1. The van der Waals surface area contributed by atoms with E-state index in [9.17, 15) is 9.59 Å². The molecule has 0 spiro atoms. The van der Waals surface area contributed by atoms with Gasteiger partial charge < -0.3 is 10.1 Å². The average Bonchev–Trinajstić information content (AvgIpc) is 2.49. The van der Waals surface area contributed by atoms with Crippen LogP contribution >= 0.6 is 11.6 Å². The van der Waals surface area contributed by atoms with Crippen LogP contribution in [0.4, 0.5) is 5.69 Å². The van der Waals surface area contributed by atoms with Crippen molar-refractivity contribution in [2.45, 2.75) is 40.7 Å². The summed E-state index contributed by atoms with van der Waals surface area (Å²) in [4.78, 5) is 28.7. The van der Waals surface area contributed by atoms with Crippen molar-refractivity contribution in [1.29, 1.82) is 0 Å². The molecule has 0 aliphatic carbocycles. The fourth-order valence-electron chi connectivity index (χ4n) is 2.41. The Morgan fingerprint density at radius 3 is 2.44 bits per heavy atom. The number of nitrogens with zero attached hydrogens (tertiary/aromatic N) is 1. The smallest absolute Gasteiger partial charge is 0.342 e. The van der Waals surface area contributed by atoms with Gasteiger partial charge in [0.05, 0.1) is 5.56 Å². The van der Waals surface area contributed by atoms with E-state index >= 15 is 0 Å². The zero-order valence-electron chi connectivity index (χ0n) is 14.9. The van der Waals surface area contributed by atoms with Gasteiger partial charge in [0.15, 0.2) is 6.10 Å². The first kappa shape index (κ1) is 18.9. The van der Waals surface area contributed by atoms with Crippen LogP contribution in [0.1, 0.15) is 39.7 Å². The normalized spacial score (nSPS) is 11.8. The summed E-state index contributed by atoms with van der Waals surface area (Å²) < 4.78 is 5.27. The lowest BCUT2D eigenvalue weighted by Gasteiger charge is -2.16. The molecule has 0 fully saturated rings. The Bertz CT molecular complexity index is 810. The van der Waals surface area contributed by atoms with Gasteiger partial charge in [-0.2, -0.15) is 0 Å². The van der Waals surface area contributed by atoms with E-state index in [0.717, 1.165) is 11.1 Å². The predicted octanol–water partition coefficient (Wildman–Crippen LogP) is 4.15. The molecule has 1 atom stereocenters. The Kier molecular flexibility index (Phi) is 5.80. The first-order valence-electron chi connectivity index (χ1n) is 7.92. The van der Waals surface area contributed by atoms with Crippen molar-refractivity contribution in [3.63, 3.8) is 0 Å². The Hall–Kier alpha value is -2.40. The number of aryl methyl sites for hydroxylation is 4. The van der Waals surface area contributed by atoms with E-state index < -0.39 is 18.0 Å². The minimum absolute atomic E-state index is 0.0737. The summed E-state index contributed by atoms with van der Waals surface area (Å²) in [6.45, 7) is 8.88. The molecule has 0 saturated heterocycles. The second kappa shape index (κ2) is 7.66. The van der Waals surface area contributed by atoms with E-state index in [4.69, 9.17) is 16.3 Å². The van der Waals surface area contributed by atoms with Crippen LogP contribution in [0.3, 0.4) is 0 Å². The van der Waals surface area contributed by atoms with Gasteiger partial charge >= 0.3 is 5.97 Å². The molecule has 0 saturated carbocycles. The van der Waals surface area contributed by atoms with E-state index in [1.54, 1.807) is 19.9 Å². The van der Waals surface area contributed by atoms with Crippen LogP contribution < -0.4 is 5.32 Å². The molecule has 132 valence electrons. The van der Waals surface area contributed by atoms with E-state index in [1.807, 2.05) is 32.0 Å². The molecular weight excluding hydrogens is 340 g/mol. The highest BCUT2D eigenvalue weighted by atomic mass is 35.5. The van der Waals surface area contributed by atoms with Gasteiger partial charge in [-0.15, -0.1) is 0 Å². The number of halogens is 1. The number of benzene rings is 1. The topological polar surface area (TPSA) is 68.3 Å². The molecule has 6 heteroatoms. The highest BCUT2D eigenvalue weighted by Crippen LogP contribution is 2.21. The van der Waals surface area contributed by atoms with Gasteiger partial charge in [0.2, 0.25) is 0 Å². The number of hydrogen-bond acceptors (Lipinski definition) is 4. The summed E-state index contributed by atoms with van der Waals surface area (Å²) in [5, 5.41) is 2.85. The second-order valence-electron chi connectivity index (χ2n) is 6.10. The number of carbonyl (C=O) groups is 2. The van der Waals surface area contributed by atoms with Crippen LogP contribution in [0.5, 0.6) is 0 Å². The van der Waals surface area contributed by atoms with Crippen molar-refractivity contribution >= 4 is 29.2 Å². The average molecular weight is 361 g/mol. The van der Waals surface area contributed by atoms with Crippen LogP contribution in [0.25, 0.3) is 0 Å². The summed E-state index contributed by atoms with van der Waals surface area (Å²) in [7, 11) is 0. The summed E-state index contributed by atoms with van der Waals surface area (Å²) in [6, 6.07) is 7.49. The van der Waals surface area contributed by atoms with Gasteiger partial charge in [-0.05, 0) is 63.4 Å². The Morgan fingerprint density at radius 2 is 1.80 bits per heavy atom. The molecule has 0 aliphatic rings. The summed E-state index contributed by atoms with van der Waals surface area (Å²) in [6.07, 6.45) is -0.968. The van der Waals surface area contributed by atoms with Crippen molar-refractivity contribution < 1.29 is 14.3 Å². The molecular formula is C19H21ClN2O3. The number of hydrogen-bond donors (Lipinski definition) is 1. The number of esters is 1. The minimum atomic E-state index is -0.968. The zero-order valence-corrected chi connectivity index (χ0v) is 15.7. The van der Waals surface area contributed by atoms with Crippen molar-refractivity contribution in [2.75, 3.05) is 5.32 Å². The van der Waals surface area contributed by atoms with E-state index in [2.05, 4.69) is 10.3 Å². The fourth-order valence-corrected chi connectivity index (χ4v) is 2.77. The number of ether oxygens (including phenoxy) is 1. The predicted molar refractivity (Wildman–Crippen MR) is 98.1 cm³/mol. The summed E-state index contributed by atoms with van der Waals surface area (Å²) in [5.41, 5.74) is 4.19. The first-order valence-corrected chi connectivity index (χ1v) is 8.29. The monoisotopic (exact) mass is 360 g/mol. The molecule has 0 aliphatic heterocycles. The third kappa shape index (κ3) is 4.57. The van der Waals surface area contributed by atoms with E-state index in [-0.39, 0.29) is 10.7 Å². The molecule has 2 rings (SSSR count). The Balaban J connectivity index is 2.11. The second-order valence-corrected chi connectivity index (χ2v) is 6.46. The molecule has 1 heterocycles. The van der Waals surface area contributed by atoms with Crippen molar-refractivity contribution in [3.8, 4) is 0 Å². The van der Waals surface area contributed by atoms with Crippen molar-refractivity contribution in [2.24, 2.45) is 0 Å². The molecule has 1 amide bonds. The molecule has 0 radical (unpaired) electrons. The lowest BCUT2D eigenvalue weighted by atomic mass is 10.1. The van der Waals surface area contributed by atoms with E-state index in [1.165, 1.54) is 6.92 Å². The molecule has 2 aromatic rings. The zero-order chi connectivity index (χ0) is 18.7. The van der Waals surface area contributed by atoms with Crippen LogP contribution in [0.2, 0.25) is 5.15 Å². The maximum absolute atomic E-state index is 12.4. The van der Waals surface area contributed by atoms with Gasteiger partial charge in [-0.3, -0.25) is 4.79 Å². The maximum Gasteiger partial charge on any atom is 0.342 e.